The van der Waals surface area contributed by atoms with Crippen molar-refractivity contribution in [3.05, 3.63) is 193 Å². The van der Waals surface area contributed by atoms with Gasteiger partial charge in [-0.05, 0) is 94.7 Å². The Labute approximate surface area is 320 Å². The normalized spacial score (nSPS) is 13.1. The van der Waals surface area contributed by atoms with Crippen molar-refractivity contribution < 1.29 is 0 Å². The van der Waals surface area contributed by atoms with E-state index in [0.29, 0.717) is 5.82 Å². The van der Waals surface area contributed by atoms with Crippen molar-refractivity contribution in [1.29, 1.82) is 0 Å². The van der Waals surface area contributed by atoms with Gasteiger partial charge in [-0.1, -0.05) is 178 Å². The summed E-state index contributed by atoms with van der Waals surface area (Å²) in [6, 6.07) is 65.9. The predicted molar refractivity (Wildman–Crippen MR) is 231 cm³/mol. The first-order valence-corrected chi connectivity index (χ1v) is 19.1. The van der Waals surface area contributed by atoms with Crippen molar-refractivity contribution in [1.82, 2.24) is 9.97 Å². The predicted octanol–water partition coefficient (Wildman–Crippen LogP) is 14.1. The summed E-state index contributed by atoms with van der Waals surface area (Å²) in [5.74, 6) is 0.715. The second kappa shape index (κ2) is 12.1. The Kier molecular flexibility index (Phi) is 6.93. The van der Waals surface area contributed by atoms with Gasteiger partial charge in [-0.3, -0.25) is 0 Å². The van der Waals surface area contributed by atoms with Crippen molar-refractivity contribution in [2.75, 3.05) is 0 Å². The quantitative estimate of drug-likeness (QED) is 0.183. The highest BCUT2D eigenvalue weighted by atomic mass is 14.9. The number of fused-ring (bicyclic) bond motifs is 8. The van der Waals surface area contributed by atoms with E-state index in [0.717, 1.165) is 33.5 Å². The lowest BCUT2D eigenvalue weighted by Crippen LogP contribution is -2.14. The number of aromatic nitrogens is 2. The molecule has 2 heteroatoms. The van der Waals surface area contributed by atoms with Crippen molar-refractivity contribution in [2.45, 2.75) is 19.3 Å². The van der Waals surface area contributed by atoms with E-state index in [1.54, 1.807) is 0 Å². The first kappa shape index (κ1) is 31.6. The molecule has 0 N–H and O–H groups in total. The zero-order valence-corrected chi connectivity index (χ0v) is 30.7. The molecule has 0 fully saturated rings. The van der Waals surface area contributed by atoms with Gasteiger partial charge in [0.25, 0.3) is 0 Å². The van der Waals surface area contributed by atoms with Crippen LogP contribution in [0.15, 0.2) is 182 Å². The highest BCUT2D eigenvalue weighted by molar-refractivity contribution is 6.07. The molecule has 9 aromatic carbocycles. The molecule has 0 spiro atoms. The molecule has 258 valence electrons. The van der Waals surface area contributed by atoms with Gasteiger partial charge in [-0.2, -0.15) is 0 Å². The van der Waals surface area contributed by atoms with E-state index < -0.39 is 0 Å². The summed E-state index contributed by atoms with van der Waals surface area (Å²) >= 11 is 0. The minimum absolute atomic E-state index is 0.0760. The molecule has 1 aliphatic carbocycles. The monoisotopic (exact) mass is 700 g/mol. The lowest BCUT2D eigenvalue weighted by Gasteiger charge is -2.21. The Morgan fingerprint density at radius 2 is 0.836 bits per heavy atom. The zero-order chi connectivity index (χ0) is 36.7. The first-order chi connectivity index (χ1) is 27.0. The van der Waals surface area contributed by atoms with E-state index in [1.807, 2.05) is 0 Å². The minimum Gasteiger partial charge on any atom is -0.228 e. The molecule has 2 nitrogen and oxygen atoms in total. The van der Waals surface area contributed by atoms with Crippen molar-refractivity contribution in [2.24, 2.45) is 0 Å². The van der Waals surface area contributed by atoms with Gasteiger partial charge in [-0.25, -0.2) is 9.97 Å². The number of nitrogens with zero attached hydrogens (tertiary/aromatic N) is 2. The molecule has 0 radical (unpaired) electrons. The fourth-order valence-corrected chi connectivity index (χ4v) is 9.18. The molecule has 55 heavy (non-hydrogen) atoms. The highest BCUT2D eigenvalue weighted by Crippen LogP contribution is 2.52. The van der Waals surface area contributed by atoms with E-state index in [2.05, 4.69) is 196 Å². The van der Waals surface area contributed by atoms with Crippen LogP contribution in [0.3, 0.4) is 0 Å². The largest absolute Gasteiger partial charge is 0.228 e. The van der Waals surface area contributed by atoms with Crippen LogP contribution in [0.5, 0.6) is 0 Å². The fraction of sp³-hybridized carbons (Fsp3) is 0.0566. The molecule has 0 saturated carbocycles. The summed E-state index contributed by atoms with van der Waals surface area (Å²) in [4.78, 5) is 10.8. The van der Waals surface area contributed by atoms with Gasteiger partial charge in [-0.15, -0.1) is 0 Å². The van der Waals surface area contributed by atoms with Crippen LogP contribution >= 0.6 is 0 Å². The van der Waals surface area contributed by atoms with E-state index >= 15 is 0 Å². The van der Waals surface area contributed by atoms with Crippen molar-refractivity contribution in [3.63, 3.8) is 0 Å². The second-order valence-electron chi connectivity index (χ2n) is 15.3. The van der Waals surface area contributed by atoms with E-state index in [-0.39, 0.29) is 5.41 Å². The molecule has 1 aromatic heterocycles. The van der Waals surface area contributed by atoms with Crippen LogP contribution in [0.1, 0.15) is 25.0 Å². The maximum Gasteiger partial charge on any atom is 0.161 e. The van der Waals surface area contributed by atoms with Gasteiger partial charge >= 0.3 is 0 Å². The number of hydrogen-bond acceptors (Lipinski definition) is 2. The molecule has 0 unspecified atom stereocenters. The standard InChI is InChI=1S/C53H36N2/c1-53(2)47-29-26-36(31-46(47)51-40-20-8-5-15-35(40)25-30-48(51)53)39-27-28-45(42-22-10-9-21-41(39)42)52-54-49(43-23-11-16-33-13-3-6-18-37(33)43)32-50(55-52)44-24-12-17-34-14-4-7-19-38(34)44/h3-32H,1-2H3. The fourth-order valence-electron chi connectivity index (χ4n) is 9.18. The van der Waals surface area contributed by atoms with Crippen LogP contribution < -0.4 is 0 Å². The molecule has 1 aliphatic rings. The van der Waals surface area contributed by atoms with Crippen molar-refractivity contribution in [3.8, 4) is 56.2 Å². The Hall–Kier alpha value is -6.90. The Morgan fingerprint density at radius 3 is 1.47 bits per heavy atom. The maximum atomic E-state index is 5.39. The van der Waals surface area contributed by atoms with Crippen LogP contribution in [0.25, 0.3) is 99.2 Å². The molecule has 0 bridgehead atoms. The van der Waals surface area contributed by atoms with Gasteiger partial charge in [0.05, 0.1) is 11.4 Å². The molecule has 0 amide bonds. The third-order valence-electron chi connectivity index (χ3n) is 11.9. The first-order valence-electron chi connectivity index (χ1n) is 19.1. The summed E-state index contributed by atoms with van der Waals surface area (Å²) in [7, 11) is 0. The smallest absolute Gasteiger partial charge is 0.161 e. The van der Waals surface area contributed by atoms with E-state index in [9.17, 15) is 0 Å². The van der Waals surface area contributed by atoms with Gasteiger partial charge in [0, 0.05) is 22.1 Å². The Balaban J connectivity index is 1.13. The number of benzene rings is 9. The maximum absolute atomic E-state index is 5.39. The summed E-state index contributed by atoms with van der Waals surface area (Å²) in [5, 5.41) is 9.63. The Morgan fingerprint density at radius 1 is 0.345 bits per heavy atom. The van der Waals surface area contributed by atoms with E-state index in [1.165, 1.54) is 71.1 Å². The van der Waals surface area contributed by atoms with Gasteiger partial charge in [0.15, 0.2) is 5.82 Å². The van der Waals surface area contributed by atoms with Crippen LogP contribution in [0.4, 0.5) is 0 Å². The summed E-state index contributed by atoms with van der Waals surface area (Å²) < 4.78 is 0. The molecule has 0 atom stereocenters. The minimum atomic E-state index is -0.0760. The topological polar surface area (TPSA) is 25.8 Å². The molecule has 0 aliphatic heterocycles. The average molecular weight is 701 g/mol. The van der Waals surface area contributed by atoms with Gasteiger partial charge in [0.2, 0.25) is 0 Å². The lowest BCUT2D eigenvalue weighted by atomic mass is 9.81. The molecular formula is C53H36N2. The summed E-state index contributed by atoms with van der Waals surface area (Å²) in [5.41, 5.74) is 12.8. The Bertz CT molecular complexity index is 3080. The second-order valence-corrected chi connectivity index (χ2v) is 15.3. The van der Waals surface area contributed by atoms with E-state index in [4.69, 9.17) is 9.97 Å². The van der Waals surface area contributed by atoms with Gasteiger partial charge in [0.1, 0.15) is 0 Å². The summed E-state index contributed by atoms with van der Waals surface area (Å²) in [6.07, 6.45) is 0. The van der Waals surface area contributed by atoms with Crippen LogP contribution in [-0.2, 0) is 5.41 Å². The van der Waals surface area contributed by atoms with Gasteiger partial charge < -0.3 is 0 Å². The number of hydrogen-bond donors (Lipinski definition) is 0. The SMILES string of the molecule is CC1(C)c2ccc(-c3ccc(-c4nc(-c5cccc6ccccc56)cc(-c5cccc6ccccc56)n4)c4ccccc34)cc2-c2c1ccc1ccccc21. The van der Waals surface area contributed by atoms with Crippen molar-refractivity contribution >= 4 is 43.1 Å². The molecule has 11 rings (SSSR count). The third kappa shape index (κ3) is 4.88. The van der Waals surface area contributed by atoms with Crippen LogP contribution in [0.2, 0.25) is 0 Å². The van der Waals surface area contributed by atoms with Crippen LogP contribution in [0, 0.1) is 0 Å². The molecule has 0 saturated heterocycles. The number of rotatable bonds is 4. The molecule has 10 aromatic rings. The third-order valence-corrected chi connectivity index (χ3v) is 11.9. The van der Waals surface area contributed by atoms with Crippen LogP contribution in [-0.4, -0.2) is 9.97 Å². The lowest BCUT2D eigenvalue weighted by molar-refractivity contribution is 0.661. The zero-order valence-electron chi connectivity index (χ0n) is 30.7. The average Bonchev–Trinajstić information content (AvgIpc) is 3.48. The summed E-state index contributed by atoms with van der Waals surface area (Å²) in [6.45, 7) is 4.71. The molecule has 1 heterocycles. The molecular weight excluding hydrogens is 665 g/mol. The highest BCUT2D eigenvalue weighted by Gasteiger charge is 2.36.